The highest BCUT2D eigenvalue weighted by Gasteiger charge is 2.43. The Bertz CT molecular complexity index is 641. The van der Waals surface area contributed by atoms with Crippen molar-refractivity contribution in [2.24, 2.45) is 0 Å². The van der Waals surface area contributed by atoms with Crippen molar-refractivity contribution in [3.05, 3.63) is 65.7 Å². The first-order valence-corrected chi connectivity index (χ1v) is 10.5. The molecule has 0 aromatic heterocycles. The largest absolute Gasteiger partial charge is 0.508 e. The lowest BCUT2D eigenvalue weighted by molar-refractivity contribution is 0.0734. The van der Waals surface area contributed by atoms with Gasteiger partial charge in [-0.15, -0.1) is 0 Å². The number of aromatic hydroxyl groups is 1. The predicted octanol–water partition coefficient (Wildman–Crippen LogP) is 5.94. The Balaban J connectivity index is 0.000000614. The zero-order valence-corrected chi connectivity index (χ0v) is 17.3. The van der Waals surface area contributed by atoms with Gasteiger partial charge in [0.15, 0.2) is 0 Å². The van der Waals surface area contributed by atoms with Gasteiger partial charge in [-0.2, -0.15) is 0 Å². The summed E-state index contributed by atoms with van der Waals surface area (Å²) < 4.78 is 6.07. The van der Waals surface area contributed by atoms with Crippen LogP contribution in [-0.4, -0.2) is 28.8 Å². The van der Waals surface area contributed by atoms with Gasteiger partial charge in [0.25, 0.3) is 0 Å². The molecular weight excluding hydrogens is 334 g/mol. The molecule has 2 heterocycles. The van der Waals surface area contributed by atoms with Gasteiger partial charge in [-0.3, -0.25) is 4.90 Å². The van der Waals surface area contributed by atoms with Crippen molar-refractivity contribution in [1.82, 2.24) is 4.90 Å². The number of phenolic OH excluding ortho intramolecular Hbond substituents is 1. The Kier molecular flexibility index (Phi) is 8.83. The minimum atomic E-state index is 0.150. The maximum absolute atomic E-state index is 9.46. The topological polar surface area (TPSA) is 32.7 Å². The lowest BCUT2D eigenvalue weighted by Gasteiger charge is -2.23. The maximum atomic E-state index is 9.46. The molecule has 2 saturated heterocycles. The molecule has 2 aliphatic rings. The molecule has 0 aliphatic carbocycles. The number of benzene rings is 2. The average Bonchev–Trinajstić information content (AvgIpc) is 3.33. The highest BCUT2D eigenvalue weighted by molar-refractivity contribution is 5.29. The van der Waals surface area contributed by atoms with Crippen molar-refractivity contribution in [1.29, 1.82) is 0 Å². The Morgan fingerprint density at radius 3 is 2.26 bits per heavy atom. The van der Waals surface area contributed by atoms with Crippen LogP contribution in [0.3, 0.4) is 0 Å². The van der Waals surface area contributed by atoms with Crippen LogP contribution in [0.4, 0.5) is 0 Å². The van der Waals surface area contributed by atoms with Crippen molar-refractivity contribution in [2.75, 3.05) is 6.73 Å². The first-order valence-electron chi connectivity index (χ1n) is 10.5. The van der Waals surface area contributed by atoms with E-state index in [1.807, 2.05) is 39.8 Å². The highest BCUT2D eigenvalue weighted by atomic mass is 16.5. The Labute approximate surface area is 165 Å². The molecule has 0 radical (unpaired) electrons. The minimum absolute atomic E-state index is 0.150. The molecular formula is C24H35NO2. The summed E-state index contributed by atoms with van der Waals surface area (Å²) >= 11 is 0. The number of ether oxygens (including phenoxy) is 1. The number of hydrogen-bond acceptors (Lipinski definition) is 3. The van der Waals surface area contributed by atoms with Gasteiger partial charge in [-0.1, -0.05) is 70.2 Å². The van der Waals surface area contributed by atoms with Crippen molar-refractivity contribution in [2.45, 2.75) is 71.6 Å². The van der Waals surface area contributed by atoms with E-state index < -0.39 is 0 Å². The van der Waals surface area contributed by atoms with Gasteiger partial charge >= 0.3 is 0 Å². The molecule has 148 valence electrons. The molecule has 0 unspecified atom stereocenters. The van der Waals surface area contributed by atoms with Crippen LogP contribution >= 0.6 is 0 Å². The first kappa shape index (κ1) is 21.5. The van der Waals surface area contributed by atoms with Crippen LogP contribution in [0.5, 0.6) is 5.75 Å². The number of aryl methyl sites for hydroxylation is 1. The fraction of sp³-hybridized carbons (Fsp3) is 0.500. The van der Waals surface area contributed by atoms with E-state index in [2.05, 4.69) is 35.2 Å². The zero-order valence-electron chi connectivity index (χ0n) is 17.3. The van der Waals surface area contributed by atoms with Crippen LogP contribution in [0.25, 0.3) is 0 Å². The lowest BCUT2D eigenvalue weighted by Crippen LogP contribution is -2.33. The Hall–Kier alpha value is -1.84. The third-order valence-corrected chi connectivity index (χ3v) is 5.27. The van der Waals surface area contributed by atoms with Crippen LogP contribution in [0, 0.1) is 0 Å². The second-order valence-electron chi connectivity index (χ2n) is 6.64. The van der Waals surface area contributed by atoms with E-state index in [-0.39, 0.29) is 6.10 Å². The monoisotopic (exact) mass is 369 g/mol. The van der Waals surface area contributed by atoms with E-state index in [4.69, 9.17) is 4.74 Å². The molecule has 3 nitrogen and oxygen atoms in total. The van der Waals surface area contributed by atoms with Crippen molar-refractivity contribution in [3.8, 4) is 5.75 Å². The van der Waals surface area contributed by atoms with E-state index in [0.29, 0.717) is 17.8 Å². The smallest absolute Gasteiger partial charge is 0.115 e. The summed E-state index contributed by atoms with van der Waals surface area (Å²) in [5.74, 6) is 0.316. The molecule has 2 aromatic carbocycles. The molecule has 2 fully saturated rings. The normalized spacial score (nSPS) is 23.6. The Morgan fingerprint density at radius 2 is 1.59 bits per heavy atom. The van der Waals surface area contributed by atoms with E-state index in [1.165, 1.54) is 30.4 Å². The summed E-state index contributed by atoms with van der Waals surface area (Å²) in [6, 6.07) is 19.3. The summed E-state index contributed by atoms with van der Waals surface area (Å²) in [4.78, 5) is 2.54. The van der Waals surface area contributed by atoms with Crippen molar-refractivity contribution >= 4 is 0 Å². The number of nitrogens with zero attached hydrogens (tertiary/aromatic N) is 1. The standard InChI is InChI=1S/C20H23NO2.2C2H6/c22-18-11-7-16(8-12-18)20-19-13-10-17(21(19)14-23-20)9-6-15-4-2-1-3-5-15;2*1-2/h1-5,7-8,11-12,17,19-20,22H,6,9-10,13-14H2;2*1-2H3/t17-,19+,20+;;/m1../s1. The third-order valence-electron chi connectivity index (χ3n) is 5.27. The van der Waals surface area contributed by atoms with Gasteiger partial charge in [0.1, 0.15) is 12.5 Å². The molecule has 2 aliphatic heterocycles. The van der Waals surface area contributed by atoms with E-state index in [0.717, 1.165) is 13.2 Å². The number of fused-ring (bicyclic) bond motifs is 1. The fourth-order valence-corrected chi connectivity index (χ4v) is 4.04. The van der Waals surface area contributed by atoms with Gasteiger partial charge in [-0.25, -0.2) is 0 Å². The van der Waals surface area contributed by atoms with Crippen LogP contribution in [0.1, 0.15) is 64.2 Å². The average molecular weight is 370 g/mol. The Morgan fingerprint density at radius 1 is 0.926 bits per heavy atom. The predicted molar refractivity (Wildman–Crippen MR) is 113 cm³/mol. The molecule has 3 heteroatoms. The summed E-state index contributed by atoms with van der Waals surface area (Å²) in [5, 5.41) is 9.46. The zero-order chi connectivity index (χ0) is 19.6. The second kappa shape index (κ2) is 11.1. The molecule has 0 spiro atoms. The SMILES string of the molecule is CC.CC.Oc1ccc([C@@H]2OCN3[C@H](CCc4ccccc4)CC[C@@H]23)cc1. The first-order chi connectivity index (χ1) is 13.3. The molecule has 0 amide bonds. The number of hydrogen-bond donors (Lipinski definition) is 1. The van der Waals surface area contributed by atoms with Crippen LogP contribution in [0.2, 0.25) is 0 Å². The summed E-state index contributed by atoms with van der Waals surface area (Å²) in [7, 11) is 0. The quantitative estimate of drug-likeness (QED) is 0.724. The van der Waals surface area contributed by atoms with Crippen LogP contribution < -0.4 is 0 Å². The minimum Gasteiger partial charge on any atom is -0.508 e. The second-order valence-corrected chi connectivity index (χ2v) is 6.64. The van der Waals surface area contributed by atoms with Crippen LogP contribution in [0.15, 0.2) is 54.6 Å². The molecule has 1 N–H and O–H groups in total. The van der Waals surface area contributed by atoms with E-state index >= 15 is 0 Å². The van der Waals surface area contributed by atoms with E-state index in [9.17, 15) is 5.11 Å². The van der Waals surface area contributed by atoms with Gasteiger partial charge < -0.3 is 9.84 Å². The number of rotatable bonds is 4. The molecule has 2 aromatic rings. The number of phenols is 1. The van der Waals surface area contributed by atoms with E-state index in [1.54, 1.807) is 12.1 Å². The molecule has 0 saturated carbocycles. The van der Waals surface area contributed by atoms with Crippen molar-refractivity contribution < 1.29 is 9.84 Å². The van der Waals surface area contributed by atoms with Gasteiger partial charge in [0.05, 0.1) is 6.10 Å². The molecule has 4 rings (SSSR count). The summed E-state index contributed by atoms with van der Waals surface area (Å²) in [6.45, 7) is 8.73. The molecule has 0 bridgehead atoms. The third kappa shape index (κ3) is 5.33. The molecule has 27 heavy (non-hydrogen) atoms. The fourth-order valence-electron chi connectivity index (χ4n) is 4.04. The maximum Gasteiger partial charge on any atom is 0.115 e. The lowest BCUT2D eigenvalue weighted by atomic mass is 10.0. The summed E-state index contributed by atoms with van der Waals surface area (Å²) in [6.07, 6.45) is 4.95. The van der Waals surface area contributed by atoms with Gasteiger partial charge in [-0.05, 0) is 48.9 Å². The summed E-state index contributed by atoms with van der Waals surface area (Å²) in [5.41, 5.74) is 2.60. The molecule has 3 atom stereocenters. The highest BCUT2D eigenvalue weighted by Crippen LogP contribution is 2.41. The van der Waals surface area contributed by atoms with Gasteiger partial charge in [0, 0.05) is 12.1 Å². The van der Waals surface area contributed by atoms with Gasteiger partial charge in [0.2, 0.25) is 0 Å². The van der Waals surface area contributed by atoms with Crippen LogP contribution in [-0.2, 0) is 11.2 Å². The van der Waals surface area contributed by atoms with Crippen molar-refractivity contribution in [3.63, 3.8) is 0 Å².